The molecular formula is C29H29NO6S. The Morgan fingerprint density at radius 1 is 0.865 bits per heavy atom. The molecule has 0 amide bonds. The molecule has 0 aliphatic heterocycles. The van der Waals surface area contributed by atoms with Crippen LogP contribution in [0.25, 0.3) is 10.8 Å². The van der Waals surface area contributed by atoms with Crippen molar-refractivity contribution in [3.63, 3.8) is 0 Å². The lowest BCUT2D eigenvalue weighted by Crippen LogP contribution is -2.31. The Hall–Kier alpha value is -3.88. The van der Waals surface area contributed by atoms with Gasteiger partial charge in [0, 0.05) is 17.8 Å². The van der Waals surface area contributed by atoms with E-state index in [4.69, 9.17) is 14.6 Å². The summed E-state index contributed by atoms with van der Waals surface area (Å²) in [6, 6.07) is 28.1. The van der Waals surface area contributed by atoms with Crippen LogP contribution in [0.5, 0.6) is 11.5 Å². The zero-order valence-electron chi connectivity index (χ0n) is 20.5. The van der Waals surface area contributed by atoms with E-state index in [9.17, 15) is 13.2 Å². The maximum absolute atomic E-state index is 13.2. The average molecular weight is 520 g/mol. The normalized spacial score (nSPS) is 12.2. The second-order valence-corrected chi connectivity index (χ2v) is 10.5. The van der Waals surface area contributed by atoms with Gasteiger partial charge >= 0.3 is 5.97 Å². The minimum absolute atomic E-state index is 0.0912. The number of hydrogen-bond donors (Lipinski definition) is 2. The summed E-state index contributed by atoms with van der Waals surface area (Å²) in [4.78, 5) is 10.9. The molecular weight excluding hydrogens is 490 g/mol. The zero-order chi connectivity index (χ0) is 26.3. The highest BCUT2D eigenvalue weighted by molar-refractivity contribution is 7.89. The molecule has 0 radical (unpaired) electrons. The Morgan fingerprint density at radius 3 is 2.24 bits per heavy atom. The molecule has 4 aromatic carbocycles. The van der Waals surface area contributed by atoms with E-state index in [2.05, 4.69) is 4.72 Å². The van der Waals surface area contributed by atoms with Crippen LogP contribution in [0.4, 0.5) is 0 Å². The first-order valence-electron chi connectivity index (χ1n) is 11.9. The van der Waals surface area contributed by atoms with Gasteiger partial charge in [-0.25, -0.2) is 17.9 Å². The molecule has 2 N–H and O–H groups in total. The molecule has 37 heavy (non-hydrogen) atoms. The number of rotatable bonds is 12. The third kappa shape index (κ3) is 6.87. The molecule has 1 unspecified atom stereocenters. The van der Waals surface area contributed by atoms with Crippen LogP contribution in [0.3, 0.4) is 0 Å². The number of methoxy groups -OCH3 is 1. The first-order chi connectivity index (χ1) is 17.9. The van der Waals surface area contributed by atoms with E-state index in [0.717, 1.165) is 27.5 Å². The highest BCUT2D eigenvalue weighted by atomic mass is 32.2. The predicted octanol–water partition coefficient (Wildman–Crippen LogP) is 4.61. The van der Waals surface area contributed by atoms with E-state index < -0.39 is 22.6 Å². The highest BCUT2D eigenvalue weighted by Crippen LogP contribution is 2.29. The summed E-state index contributed by atoms with van der Waals surface area (Å²) in [7, 11) is -2.02. The second-order valence-electron chi connectivity index (χ2n) is 8.61. The summed E-state index contributed by atoms with van der Waals surface area (Å²) >= 11 is 0. The summed E-state index contributed by atoms with van der Waals surface area (Å²) in [6.45, 7) is -0.203. The van der Waals surface area contributed by atoms with Crippen molar-refractivity contribution in [1.82, 2.24) is 4.72 Å². The van der Waals surface area contributed by atoms with E-state index in [1.807, 2.05) is 78.9 Å². The Bertz CT molecular complexity index is 1450. The number of carbonyl (C=O) groups is 1. The fourth-order valence-electron chi connectivity index (χ4n) is 4.36. The summed E-state index contributed by atoms with van der Waals surface area (Å²) in [5, 5.41) is 10.6. The van der Waals surface area contributed by atoms with Crippen LogP contribution in [0, 0.1) is 0 Å². The monoisotopic (exact) mass is 519 g/mol. The molecule has 0 spiro atoms. The van der Waals surface area contributed by atoms with Crippen molar-refractivity contribution in [1.29, 1.82) is 0 Å². The molecule has 0 saturated carbocycles. The Balaban J connectivity index is 1.48. The topological polar surface area (TPSA) is 102 Å². The van der Waals surface area contributed by atoms with Crippen LogP contribution >= 0.6 is 0 Å². The van der Waals surface area contributed by atoms with Crippen LogP contribution in [0.15, 0.2) is 91.0 Å². The molecule has 7 nitrogen and oxygen atoms in total. The van der Waals surface area contributed by atoms with Gasteiger partial charge in [0.25, 0.3) is 0 Å². The van der Waals surface area contributed by atoms with Gasteiger partial charge in [-0.05, 0) is 46.7 Å². The van der Waals surface area contributed by atoms with Crippen LogP contribution in [-0.2, 0) is 21.2 Å². The van der Waals surface area contributed by atoms with Gasteiger partial charge in [-0.1, -0.05) is 72.8 Å². The molecule has 0 saturated heterocycles. The van der Waals surface area contributed by atoms with Gasteiger partial charge in [0.15, 0.2) is 6.61 Å². The molecule has 0 fully saturated rings. The van der Waals surface area contributed by atoms with E-state index in [-0.39, 0.29) is 18.2 Å². The minimum atomic E-state index is -3.61. The summed E-state index contributed by atoms with van der Waals surface area (Å²) < 4.78 is 39.7. The summed E-state index contributed by atoms with van der Waals surface area (Å²) in [6.07, 6.45) is 0.470. The Kier molecular flexibility index (Phi) is 8.43. The van der Waals surface area contributed by atoms with E-state index in [1.165, 1.54) is 0 Å². The van der Waals surface area contributed by atoms with Crippen molar-refractivity contribution >= 4 is 26.8 Å². The van der Waals surface area contributed by atoms with Gasteiger partial charge in [-0.3, -0.25) is 0 Å². The Morgan fingerprint density at radius 2 is 1.54 bits per heavy atom. The standard InChI is InChI=1S/C29H29NO6S/c1-35-24-15-13-23(14-16-24)27(21-7-3-2-4-8-21)20-37(33,34)30-18-17-22-9-5-11-26-25(22)10-6-12-28(26)36-19-29(31)32/h2-16,27,30H,17-20H2,1H3,(H,31,32). The molecule has 0 bridgehead atoms. The van der Waals surface area contributed by atoms with Gasteiger partial charge in [0.2, 0.25) is 10.0 Å². The minimum Gasteiger partial charge on any atom is -0.497 e. The van der Waals surface area contributed by atoms with Gasteiger partial charge < -0.3 is 14.6 Å². The lowest BCUT2D eigenvalue weighted by Gasteiger charge is -2.19. The maximum atomic E-state index is 13.2. The first-order valence-corrected chi connectivity index (χ1v) is 13.5. The third-order valence-electron chi connectivity index (χ3n) is 6.15. The number of ether oxygens (including phenoxy) is 2. The molecule has 1 atom stereocenters. The molecule has 192 valence electrons. The fourth-order valence-corrected chi connectivity index (χ4v) is 5.71. The SMILES string of the molecule is COc1ccc(C(CS(=O)(=O)NCCc2cccc3c(OCC(=O)O)cccc23)c2ccccc2)cc1. The highest BCUT2D eigenvalue weighted by Gasteiger charge is 2.22. The molecule has 4 rings (SSSR count). The average Bonchev–Trinajstić information content (AvgIpc) is 2.91. The fraction of sp³-hybridized carbons (Fsp3) is 0.207. The van der Waals surface area contributed by atoms with Crippen molar-refractivity contribution in [2.45, 2.75) is 12.3 Å². The number of carboxylic acids is 1. The molecule has 8 heteroatoms. The van der Waals surface area contributed by atoms with Crippen molar-refractivity contribution in [2.24, 2.45) is 0 Å². The van der Waals surface area contributed by atoms with Crippen LogP contribution < -0.4 is 14.2 Å². The van der Waals surface area contributed by atoms with Crippen molar-refractivity contribution < 1.29 is 27.8 Å². The van der Waals surface area contributed by atoms with Crippen molar-refractivity contribution in [2.75, 3.05) is 26.0 Å². The van der Waals surface area contributed by atoms with Gasteiger partial charge in [-0.15, -0.1) is 0 Å². The number of sulfonamides is 1. The molecule has 0 heterocycles. The first kappa shape index (κ1) is 26.2. The number of aliphatic carboxylic acids is 1. The maximum Gasteiger partial charge on any atom is 0.341 e. The Labute approximate surface area is 216 Å². The number of hydrogen-bond acceptors (Lipinski definition) is 5. The molecule has 0 aliphatic carbocycles. The van der Waals surface area contributed by atoms with E-state index >= 15 is 0 Å². The van der Waals surface area contributed by atoms with Gasteiger partial charge in [-0.2, -0.15) is 0 Å². The largest absolute Gasteiger partial charge is 0.497 e. The quantitative estimate of drug-likeness (QED) is 0.284. The molecule has 4 aromatic rings. The van der Waals surface area contributed by atoms with Gasteiger partial charge in [0.05, 0.1) is 12.9 Å². The lowest BCUT2D eigenvalue weighted by atomic mass is 9.93. The number of benzene rings is 4. The van der Waals surface area contributed by atoms with E-state index in [1.54, 1.807) is 19.2 Å². The summed E-state index contributed by atoms with van der Waals surface area (Å²) in [5.41, 5.74) is 2.75. The smallest absolute Gasteiger partial charge is 0.341 e. The van der Waals surface area contributed by atoms with Gasteiger partial charge in [0.1, 0.15) is 11.5 Å². The number of carboxylic acid groups (broad SMARTS) is 1. The van der Waals surface area contributed by atoms with E-state index in [0.29, 0.717) is 17.9 Å². The zero-order valence-corrected chi connectivity index (χ0v) is 21.3. The van der Waals surface area contributed by atoms with Crippen LogP contribution in [0.1, 0.15) is 22.6 Å². The summed E-state index contributed by atoms with van der Waals surface area (Å²) in [5.74, 6) is -0.288. The molecule has 0 aromatic heterocycles. The predicted molar refractivity (Wildman–Crippen MR) is 144 cm³/mol. The lowest BCUT2D eigenvalue weighted by molar-refractivity contribution is -0.139. The third-order valence-corrected chi connectivity index (χ3v) is 7.56. The van der Waals surface area contributed by atoms with Crippen LogP contribution in [-0.4, -0.2) is 45.5 Å². The number of nitrogens with one attached hydrogen (secondary N) is 1. The molecule has 0 aliphatic rings. The van der Waals surface area contributed by atoms with Crippen LogP contribution in [0.2, 0.25) is 0 Å². The number of fused-ring (bicyclic) bond motifs is 1. The van der Waals surface area contributed by atoms with Crippen molar-refractivity contribution in [3.8, 4) is 11.5 Å². The second kappa shape index (κ2) is 11.9. The van der Waals surface area contributed by atoms with Crippen molar-refractivity contribution in [3.05, 3.63) is 108 Å².